The van der Waals surface area contributed by atoms with E-state index in [1.54, 1.807) is 36.5 Å². The first-order chi connectivity index (χ1) is 25.0. The van der Waals surface area contributed by atoms with Crippen LogP contribution in [0.2, 0.25) is 0 Å². The van der Waals surface area contributed by atoms with Crippen molar-refractivity contribution < 1.29 is 14.4 Å². The molecular weight excluding hydrogens is 637 g/mol. The van der Waals surface area contributed by atoms with Crippen LogP contribution in [0.3, 0.4) is 0 Å². The Kier molecular flexibility index (Phi) is 7.92. The van der Waals surface area contributed by atoms with Gasteiger partial charge in [-0.1, -0.05) is 133 Å². The van der Waals surface area contributed by atoms with Crippen molar-refractivity contribution in [2.75, 3.05) is 10.2 Å². The van der Waals surface area contributed by atoms with E-state index in [1.807, 2.05) is 133 Å². The Morgan fingerprint density at radius 2 is 1.14 bits per heavy atom. The maximum atomic E-state index is 13.9. The standard InChI is InChI=1S/C42H32N6O3/c1-28(29-16-6-2-7-17-29)44-41(51)45-37-26-36-35(27-43-37)38(47-39(49)33-24-14-15-25-34(33)40(47)50)46-48(36)42(30-18-8-3-9-19-30,31-20-10-4-11-21-31)32-22-12-5-13-23-32/h2-28H,1H3,(H2,43,44,45,51)/t28-/m1/s1. The monoisotopic (exact) mass is 668 g/mol. The second kappa shape index (κ2) is 12.9. The van der Waals surface area contributed by atoms with Crippen LogP contribution in [0, 0.1) is 0 Å². The average molecular weight is 669 g/mol. The minimum absolute atomic E-state index is 0.143. The fourth-order valence-electron chi connectivity index (χ4n) is 6.94. The van der Waals surface area contributed by atoms with Gasteiger partial charge >= 0.3 is 6.03 Å². The van der Waals surface area contributed by atoms with Gasteiger partial charge in [0.05, 0.1) is 28.1 Å². The number of benzene rings is 5. The molecule has 7 aromatic rings. The molecular formula is C42H32N6O3. The molecule has 0 fully saturated rings. The zero-order chi connectivity index (χ0) is 35.0. The summed E-state index contributed by atoms with van der Waals surface area (Å²) in [6.45, 7) is 1.91. The Hall–Kier alpha value is -6.87. The number of imide groups is 1. The highest BCUT2D eigenvalue weighted by molar-refractivity contribution is 6.35. The Morgan fingerprint density at radius 1 is 0.667 bits per heavy atom. The second-order valence-corrected chi connectivity index (χ2v) is 12.4. The number of urea groups is 1. The molecule has 0 unspecified atom stereocenters. The van der Waals surface area contributed by atoms with Gasteiger partial charge in [0, 0.05) is 12.3 Å². The second-order valence-electron chi connectivity index (χ2n) is 12.4. The Bertz CT molecular complexity index is 2260. The third-order valence-corrected chi connectivity index (χ3v) is 9.33. The first-order valence-electron chi connectivity index (χ1n) is 16.6. The lowest BCUT2D eigenvalue weighted by atomic mass is 9.77. The maximum absolute atomic E-state index is 13.9. The van der Waals surface area contributed by atoms with E-state index < -0.39 is 23.4 Å². The molecule has 0 spiro atoms. The summed E-state index contributed by atoms with van der Waals surface area (Å²) < 4.78 is 1.85. The molecule has 0 bridgehead atoms. The van der Waals surface area contributed by atoms with Crippen molar-refractivity contribution in [2.24, 2.45) is 0 Å². The number of pyridine rings is 1. The Balaban J connectivity index is 1.36. The summed E-state index contributed by atoms with van der Waals surface area (Å²) in [5.41, 5.74) is 3.69. The number of rotatable bonds is 8. The van der Waals surface area contributed by atoms with E-state index >= 15 is 0 Å². The number of carbonyl (C=O) groups excluding carboxylic acids is 3. The number of hydrogen-bond donors (Lipinski definition) is 2. The van der Waals surface area contributed by atoms with Gasteiger partial charge in [0.15, 0.2) is 5.82 Å². The van der Waals surface area contributed by atoms with Gasteiger partial charge < -0.3 is 5.32 Å². The van der Waals surface area contributed by atoms with Crippen molar-refractivity contribution in [1.29, 1.82) is 0 Å². The van der Waals surface area contributed by atoms with Crippen molar-refractivity contribution in [2.45, 2.75) is 18.5 Å². The fourth-order valence-corrected chi connectivity index (χ4v) is 6.94. The summed E-state index contributed by atoms with van der Waals surface area (Å²) in [6, 6.07) is 47.4. The number of amides is 4. The van der Waals surface area contributed by atoms with Gasteiger partial charge in [-0.15, -0.1) is 0 Å². The largest absolute Gasteiger partial charge is 0.331 e. The van der Waals surface area contributed by atoms with E-state index in [1.165, 1.54) is 0 Å². The van der Waals surface area contributed by atoms with Crippen molar-refractivity contribution in [3.05, 3.63) is 191 Å². The number of nitrogens with one attached hydrogen (secondary N) is 2. The number of aromatic nitrogens is 3. The summed E-state index contributed by atoms with van der Waals surface area (Å²) in [5, 5.41) is 11.5. The molecule has 1 atom stereocenters. The summed E-state index contributed by atoms with van der Waals surface area (Å²) in [6.07, 6.45) is 1.56. The van der Waals surface area contributed by atoms with Gasteiger partial charge in [0.25, 0.3) is 11.8 Å². The Labute approximate surface area is 294 Å². The average Bonchev–Trinajstić information content (AvgIpc) is 3.66. The molecule has 0 saturated heterocycles. The number of anilines is 2. The van der Waals surface area contributed by atoms with Gasteiger partial charge in [-0.05, 0) is 41.3 Å². The first kappa shape index (κ1) is 31.4. The van der Waals surface area contributed by atoms with Crippen LogP contribution in [0.1, 0.15) is 55.9 Å². The van der Waals surface area contributed by atoms with Gasteiger partial charge in [-0.2, -0.15) is 5.10 Å². The molecule has 5 aromatic carbocycles. The van der Waals surface area contributed by atoms with Gasteiger partial charge in [-0.3, -0.25) is 14.9 Å². The van der Waals surface area contributed by atoms with Crippen molar-refractivity contribution in [3.63, 3.8) is 0 Å². The van der Waals surface area contributed by atoms with Gasteiger partial charge in [0.2, 0.25) is 0 Å². The molecule has 0 radical (unpaired) electrons. The first-order valence-corrected chi connectivity index (χ1v) is 16.6. The van der Waals surface area contributed by atoms with Crippen LogP contribution >= 0.6 is 0 Å². The third kappa shape index (κ3) is 5.32. The van der Waals surface area contributed by atoms with Crippen LogP contribution in [0.5, 0.6) is 0 Å². The highest BCUT2D eigenvalue weighted by Gasteiger charge is 2.44. The van der Waals surface area contributed by atoms with E-state index in [0.717, 1.165) is 27.2 Å². The molecule has 2 N–H and O–H groups in total. The SMILES string of the molecule is C[C@@H](NC(=O)Nc1cc2c(cn1)c(N1C(=O)c3ccccc3C1=O)nn2C(c1ccccc1)(c1ccccc1)c1ccccc1)c1ccccc1. The normalized spacial score (nSPS) is 13.2. The van der Waals surface area contributed by atoms with Crippen LogP contribution < -0.4 is 15.5 Å². The zero-order valence-corrected chi connectivity index (χ0v) is 27.6. The molecule has 0 saturated carbocycles. The summed E-state index contributed by atoms with van der Waals surface area (Å²) in [7, 11) is 0. The molecule has 8 rings (SSSR count). The minimum atomic E-state index is -1.10. The molecule has 9 nitrogen and oxygen atoms in total. The predicted octanol–water partition coefficient (Wildman–Crippen LogP) is 7.95. The van der Waals surface area contributed by atoms with Crippen LogP contribution in [-0.2, 0) is 5.54 Å². The number of hydrogen-bond acceptors (Lipinski definition) is 5. The summed E-state index contributed by atoms with van der Waals surface area (Å²) >= 11 is 0. The van der Waals surface area contributed by atoms with Crippen LogP contribution in [0.4, 0.5) is 16.4 Å². The van der Waals surface area contributed by atoms with Crippen LogP contribution in [-0.4, -0.2) is 32.6 Å². The number of fused-ring (bicyclic) bond motifs is 2. The lowest BCUT2D eigenvalue weighted by Gasteiger charge is -2.37. The van der Waals surface area contributed by atoms with Gasteiger partial charge in [0.1, 0.15) is 11.4 Å². The summed E-state index contributed by atoms with van der Waals surface area (Å²) in [5.74, 6) is -0.533. The molecule has 51 heavy (non-hydrogen) atoms. The zero-order valence-electron chi connectivity index (χ0n) is 27.6. The fraction of sp³-hybridized carbons (Fsp3) is 0.0714. The Morgan fingerprint density at radius 3 is 1.65 bits per heavy atom. The van der Waals surface area contributed by atoms with Gasteiger partial charge in [-0.25, -0.2) is 19.4 Å². The van der Waals surface area contributed by atoms with E-state index in [0.29, 0.717) is 22.0 Å². The molecule has 2 aromatic heterocycles. The van der Waals surface area contributed by atoms with E-state index in [9.17, 15) is 14.4 Å². The van der Waals surface area contributed by atoms with Crippen LogP contribution in [0.25, 0.3) is 10.9 Å². The van der Waals surface area contributed by atoms with E-state index in [-0.39, 0.29) is 17.7 Å². The quantitative estimate of drug-likeness (QED) is 0.126. The molecule has 1 aliphatic rings. The highest BCUT2D eigenvalue weighted by Crippen LogP contribution is 2.45. The summed E-state index contributed by atoms with van der Waals surface area (Å²) in [4.78, 5) is 46.9. The molecule has 9 heteroatoms. The van der Waals surface area contributed by atoms with Crippen molar-refractivity contribution in [3.8, 4) is 0 Å². The third-order valence-electron chi connectivity index (χ3n) is 9.33. The van der Waals surface area contributed by atoms with Crippen molar-refractivity contribution >= 4 is 40.4 Å². The van der Waals surface area contributed by atoms with Crippen molar-refractivity contribution in [1.82, 2.24) is 20.1 Å². The smallest absolute Gasteiger partial charge is 0.320 e. The molecule has 1 aliphatic heterocycles. The highest BCUT2D eigenvalue weighted by atomic mass is 16.2. The molecule has 248 valence electrons. The predicted molar refractivity (Wildman–Crippen MR) is 197 cm³/mol. The number of nitrogens with zero attached hydrogens (tertiary/aromatic N) is 4. The number of carbonyl (C=O) groups is 3. The molecule has 4 amide bonds. The van der Waals surface area contributed by atoms with E-state index in [2.05, 4.69) is 15.6 Å². The minimum Gasteiger partial charge on any atom is -0.331 e. The lowest BCUT2D eigenvalue weighted by molar-refractivity contribution is 0.0925. The topological polar surface area (TPSA) is 109 Å². The van der Waals surface area contributed by atoms with E-state index in [4.69, 9.17) is 5.10 Å². The van der Waals surface area contributed by atoms with Crippen LogP contribution in [0.15, 0.2) is 158 Å². The molecule has 3 heterocycles. The lowest BCUT2D eigenvalue weighted by Crippen LogP contribution is -2.39. The molecule has 0 aliphatic carbocycles. The maximum Gasteiger partial charge on any atom is 0.320 e.